The van der Waals surface area contributed by atoms with Gasteiger partial charge >= 0.3 is 0 Å². The second-order valence-electron chi connectivity index (χ2n) is 8.07. The van der Waals surface area contributed by atoms with E-state index in [4.69, 9.17) is 20.6 Å². The normalized spacial score (nSPS) is 10.5. The van der Waals surface area contributed by atoms with Gasteiger partial charge in [0, 0.05) is 11.6 Å². The van der Waals surface area contributed by atoms with Crippen LogP contribution < -0.4 is 14.2 Å². The first-order valence-electron chi connectivity index (χ1n) is 11.2. The Hall–Kier alpha value is -4.23. The number of benzene rings is 3. The first-order chi connectivity index (χ1) is 16.6. The molecule has 0 radical (unpaired) electrons. The van der Waals surface area contributed by atoms with Crippen LogP contribution >= 0.6 is 0 Å². The average molecular weight is 450 g/mol. The molecular weight excluding hydrogens is 422 g/mol. The van der Waals surface area contributed by atoms with E-state index in [1.165, 1.54) is 0 Å². The number of hydrogen-bond donors (Lipinski definition) is 0. The predicted molar refractivity (Wildman–Crippen MR) is 135 cm³/mol. The van der Waals surface area contributed by atoms with Gasteiger partial charge in [-0.1, -0.05) is 72.7 Å². The number of hydrogen-bond acceptors (Lipinski definition) is 4. The van der Waals surface area contributed by atoms with E-state index in [0.717, 1.165) is 22.3 Å². The summed E-state index contributed by atoms with van der Waals surface area (Å²) in [5.41, 5.74) is 4.57. The molecule has 0 spiro atoms. The van der Waals surface area contributed by atoms with Crippen molar-refractivity contribution in [1.29, 1.82) is 0 Å². The predicted octanol–water partition coefficient (Wildman–Crippen LogP) is 6.68. The molecule has 0 atom stereocenters. The number of aromatic nitrogens is 1. The molecule has 1 aromatic heterocycles. The van der Waals surface area contributed by atoms with E-state index in [1.807, 2.05) is 105 Å². The van der Waals surface area contributed by atoms with Crippen molar-refractivity contribution < 1.29 is 14.2 Å². The van der Waals surface area contributed by atoms with Crippen molar-refractivity contribution in [1.82, 2.24) is 4.98 Å². The summed E-state index contributed by atoms with van der Waals surface area (Å²) in [6.07, 6.45) is 5.68. The first-order valence-corrected chi connectivity index (χ1v) is 11.2. The van der Waals surface area contributed by atoms with E-state index >= 15 is 0 Å². The van der Waals surface area contributed by atoms with Crippen molar-refractivity contribution in [3.05, 3.63) is 108 Å². The smallest absolute Gasteiger partial charge is 0.225 e. The van der Waals surface area contributed by atoms with Gasteiger partial charge in [0.15, 0.2) is 0 Å². The van der Waals surface area contributed by atoms with Crippen molar-refractivity contribution >= 4 is 0 Å². The molecule has 0 bridgehead atoms. The zero-order valence-corrected chi connectivity index (χ0v) is 19.4. The Morgan fingerprint density at radius 3 is 2.06 bits per heavy atom. The Morgan fingerprint density at radius 2 is 1.44 bits per heavy atom. The van der Waals surface area contributed by atoms with Crippen LogP contribution in [0, 0.1) is 12.3 Å². The van der Waals surface area contributed by atoms with Crippen LogP contribution in [0.15, 0.2) is 91.0 Å². The van der Waals surface area contributed by atoms with Crippen molar-refractivity contribution in [2.75, 3.05) is 0 Å². The number of nitrogens with zero attached hydrogens (tertiary/aromatic N) is 1. The molecule has 0 saturated heterocycles. The maximum absolute atomic E-state index is 6.18. The zero-order chi connectivity index (χ0) is 23.8. The lowest BCUT2D eigenvalue weighted by atomic mass is 10.0. The van der Waals surface area contributed by atoms with Gasteiger partial charge in [0.05, 0.1) is 11.7 Å². The lowest BCUT2D eigenvalue weighted by Crippen LogP contribution is -2.07. The highest BCUT2D eigenvalue weighted by molar-refractivity contribution is 5.72. The fourth-order valence-electron chi connectivity index (χ4n) is 3.45. The minimum atomic E-state index is 0.00281. The lowest BCUT2D eigenvalue weighted by molar-refractivity contribution is 0.242. The maximum Gasteiger partial charge on any atom is 0.225 e. The van der Waals surface area contributed by atoms with Gasteiger partial charge in [0.1, 0.15) is 19.0 Å². The molecule has 0 amide bonds. The lowest BCUT2D eigenvalue weighted by Gasteiger charge is -2.16. The fraction of sp³-hybridized carbons (Fsp3) is 0.167. The summed E-state index contributed by atoms with van der Waals surface area (Å²) >= 11 is 0. The van der Waals surface area contributed by atoms with E-state index in [9.17, 15) is 0 Å². The van der Waals surface area contributed by atoms with Crippen LogP contribution in [0.4, 0.5) is 0 Å². The number of terminal acetylenes is 1. The van der Waals surface area contributed by atoms with Crippen LogP contribution in [-0.2, 0) is 13.2 Å². The second-order valence-corrected chi connectivity index (χ2v) is 8.07. The van der Waals surface area contributed by atoms with Crippen LogP contribution in [0.1, 0.15) is 30.5 Å². The van der Waals surface area contributed by atoms with E-state index in [1.54, 1.807) is 0 Å². The molecule has 4 nitrogen and oxygen atoms in total. The Morgan fingerprint density at radius 1 is 0.794 bits per heavy atom. The molecule has 4 heteroatoms. The average Bonchev–Trinajstić information content (AvgIpc) is 2.87. The minimum Gasteiger partial charge on any atom is -0.490 e. The SMILES string of the molecule is C#Cc1ccc(-c2ccc(OCc3ccccc3)nc2OCc2ccccc2)cc1OC(C)C. The molecule has 0 unspecified atom stereocenters. The molecular formula is C30H27NO3. The minimum absolute atomic E-state index is 0.00281. The quantitative estimate of drug-likeness (QED) is 0.267. The molecule has 0 N–H and O–H groups in total. The summed E-state index contributed by atoms with van der Waals surface area (Å²) in [4.78, 5) is 4.69. The maximum atomic E-state index is 6.18. The molecule has 0 saturated carbocycles. The number of rotatable bonds is 9. The third-order valence-corrected chi connectivity index (χ3v) is 5.09. The summed E-state index contributed by atoms with van der Waals surface area (Å²) < 4.78 is 18.1. The van der Waals surface area contributed by atoms with Gasteiger partial charge in [0.2, 0.25) is 11.8 Å². The van der Waals surface area contributed by atoms with Gasteiger partial charge < -0.3 is 14.2 Å². The Kier molecular flexibility index (Phi) is 7.47. The summed E-state index contributed by atoms with van der Waals surface area (Å²) in [6.45, 7) is 4.76. The van der Waals surface area contributed by atoms with Crippen LogP contribution in [0.5, 0.6) is 17.5 Å². The number of ether oxygens (including phenoxy) is 3. The Labute approximate surface area is 201 Å². The molecule has 0 fully saturated rings. The van der Waals surface area contributed by atoms with Crippen molar-refractivity contribution in [2.45, 2.75) is 33.2 Å². The zero-order valence-electron chi connectivity index (χ0n) is 19.4. The topological polar surface area (TPSA) is 40.6 Å². The fourth-order valence-corrected chi connectivity index (χ4v) is 3.45. The van der Waals surface area contributed by atoms with Gasteiger partial charge in [0.25, 0.3) is 0 Å². The van der Waals surface area contributed by atoms with Gasteiger partial charge in [-0.25, -0.2) is 0 Å². The molecule has 4 rings (SSSR count). The molecule has 4 aromatic rings. The van der Waals surface area contributed by atoms with Crippen molar-refractivity contribution in [3.63, 3.8) is 0 Å². The highest BCUT2D eigenvalue weighted by Crippen LogP contribution is 2.34. The van der Waals surface area contributed by atoms with Crippen LogP contribution in [0.2, 0.25) is 0 Å². The molecule has 170 valence electrons. The van der Waals surface area contributed by atoms with Crippen LogP contribution in [-0.4, -0.2) is 11.1 Å². The Bertz CT molecular complexity index is 1260. The van der Waals surface area contributed by atoms with Crippen LogP contribution in [0.25, 0.3) is 11.1 Å². The van der Waals surface area contributed by atoms with Crippen molar-refractivity contribution in [3.8, 4) is 41.0 Å². The summed E-state index contributed by atoms with van der Waals surface area (Å²) in [7, 11) is 0. The molecule has 1 heterocycles. The summed E-state index contributed by atoms with van der Waals surface area (Å²) in [5, 5.41) is 0. The largest absolute Gasteiger partial charge is 0.490 e. The van der Waals surface area contributed by atoms with Crippen LogP contribution in [0.3, 0.4) is 0 Å². The Balaban J connectivity index is 1.65. The monoisotopic (exact) mass is 449 g/mol. The summed E-state index contributed by atoms with van der Waals surface area (Å²) in [5.74, 6) is 4.33. The highest BCUT2D eigenvalue weighted by atomic mass is 16.5. The van der Waals surface area contributed by atoms with Gasteiger partial charge in [-0.2, -0.15) is 4.98 Å². The third kappa shape index (κ3) is 5.96. The van der Waals surface area contributed by atoms with E-state index in [0.29, 0.717) is 36.3 Å². The summed E-state index contributed by atoms with van der Waals surface area (Å²) in [6, 6.07) is 29.6. The third-order valence-electron chi connectivity index (χ3n) is 5.09. The van der Waals surface area contributed by atoms with Gasteiger partial charge in [-0.3, -0.25) is 0 Å². The molecule has 0 aliphatic rings. The first kappa shape index (κ1) is 22.9. The van der Waals surface area contributed by atoms with E-state index in [2.05, 4.69) is 10.9 Å². The standard InChI is InChI=1S/C30H27NO3/c1-4-25-15-16-26(19-28(25)34-22(2)3)27-17-18-29(32-20-23-11-7-5-8-12-23)31-30(27)33-21-24-13-9-6-10-14-24/h1,5-19,22H,20-21H2,2-3H3. The van der Waals surface area contributed by atoms with Crippen molar-refractivity contribution in [2.24, 2.45) is 0 Å². The number of pyridine rings is 1. The van der Waals surface area contributed by atoms with E-state index in [-0.39, 0.29) is 6.10 Å². The highest BCUT2D eigenvalue weighted by Gasteiger charge is 2.14. The molecule has 0 aliphatic heterocycles. The molecule has 34 heavy (non-hydrogen) atoms. The van der Waals surface area contributed by atoms with Gasteiger partial charge in [-0.05, 0) is 48.7 Å². The van der Waals surface area contributed by atoms with Gasteiger partial charge in [-0.15, -0.1) is 6.42 Å². The van der Waals surface area contributed by atoms with E-state index < -0.39 is 0 Å². The molecule has 0 aliphatic carbocycles. The second kappa shape index (κ2) is 11.1. The molecule has 3 aromatic carbocycles.